The SMILES string of the molecule is O=C(CN1CCN(C(=O)c2cnn(Cc3ccccc3)c2)CC1)N1CCCC1. The van der Waals surface area contributed by atoms with E-state index in [1.54, 1.807) is 10.9 Å². The van der Waals surface area contributed by atoms with E-state index in [0.29, 0.717) is 31.7 Å². The largest absolute Gasteiger partial charge is 0.342 e. The second-order valence-corrected chi connectivity index (χ2v) is 7.57. The standard InChI is InChI=1S/C21H27N5O2/c27-20(24-8-4-5-9-24)17-23-10-12-25(13-11-23)21(28)19-14-22-26(16-19)15-18-6-2-1-3-7-18/h1-3,6-7,14,16H,4-5,8-13,15,17H2. The number of rotatable bonds is 5. The van der Waals surface area contributed by atoms with Crippen molar-refractivity contribution in [2.45, 2.75) is 19.4 Å². The van der Waals surface area contributed by atoms with Gasteiger partial charge in [-0.2, -0.15) is 5.10 Å². The number of carbonyl (C=O) groups is 2. The minimum atomic E-state index is 0.0184. The van der Waals surface area contributed by atoms with E-state index in [-0.39, 0.29) is 11.8 Å². The van der Waals surface area contributed by atoms with Crippen LogP contribution in [0.2, 0.25) is 0 Å². The minimum Gasteiger partial charge on any atom is -0.342 e. The molecule has 0 saturated carbocycles. The summed E-state index contributed by atoms with van der Waals surface area (Å²) in [6.07, 6.45) is 5.70. The Kier molecular flexibility index (Phi) is 5.71. The van der Waals surface area contributed by atoms with Gasteiger partial charge in [0.25, 0.3) is 5.91 Å². The van der Waals surface area contributed by atoms with E-state index in [4.69, 9.17) is 0 Å². The Morgan fingerprint density at radius 1 is 0.893 bits per heavy atom. The number of carbonyl (C=O) groups excluding carboxylic acids is 2. The summed E-state index contributed by atoms with van der Waals surface area (Å²) in [5.41, 5.74) is 1.78. The summed E-state index contributed by atoms with van der Waals surface area (Å²) in [5.74, 6) is 0.240. The first-order chi connectivity index (χ1) is 13.7. The van der Waals surface area contributed by atoms with Crippen molar-refractivity contribution in [1.29, 1.82) is 0 Å². The van der Waals surface area contributed by atoms with E-state index in [2.05, 4.69) is 10.00 Å². The maximum absolute atomic E-state index is 12.8. The number of aromatic nitrogens is 2. The van der Waals surface area contributed by atoms with Crippen LogP contribution in [-0.2, 0) is 11.3 Å². The third-order valence-electron chi connectivity index (χ3n) is 5.54. The summed E-state index contributed by atoms with van der Waals surface area (Å²) in [4.78, 5) is 31.1. The lowest BCUT2D eigenvalue weighted by Crippen LogP contribution is -2.51. The summed E-state index contributed by atoms with van der Waals surface area (Å²) in [6.45, 7) is 5.69. The van der Waals surface area contributed by atoms with E-state index in [1.165, 1.54) is 0 Å². The Morgan fingerprint density at radius 3 is 2.32 bits per heavy atom. The van der Waals surface area contributed by atoms with Gasteiger partial charge in [-0.1, -0.05) is 30.3 Å². The maximum atomic E-state index is 12.8. The highest BCUT2D eigenvalue weighted by molar-refractivity contribution is 5.93. The molecule has 0 N–H and O–H groups in total. The first kappa shape index (κ1) is 18.7. The summed E-state index contributed by atoms with van der Waals surface area (Å²) >= 11 is 0. The maximum Gasteiger partial charge on any atom is 0.257 e. The van der Waals surface area contributed by atoms with E-state index in [0.717, 1.165) is 44.6 Å². The van der Waals surface area contributed by atoms with Crippen molar-refractivity contribution in [2.24, 2.45) is 0 Å². The molecule has 2 aliphatic heterocycles. The fourth-order valence-electron chi connectivity index (χ4n) is 3.88. The zero-order valence-electron chi connectivity index (χ0n) is 16.2. The van der Waals surface area contributed by atoms with Gasteiger partial charge in [-0.3, -0.25) is 19.2 Å². The van der Waals surface area contributed by atoms with Crippen LogP contribution in [0.1, 0.15) is 28.8 Å². The smallest absolute Gasteiger partial charge is 0.257 e. The van der Waals surface area contributed by atoms with E-state index in [9.17, 15) is 9.59 Å². The van der Waals surface area contributed by atoms with E-state index >= 15 is 0 Å². The van der Waals surface area contributed by atoms with Crippen molar-refractivity contribution in [3.63, 3.8) is 0 Å². The van der Waals surface area contributed by atoms with Crippen LogP contribution in [0.15, 0.2) is 42.7 Å². The molecule has 3 heterocycles. The van der Waals surface area contributed by atoms with Gasteiger partial charge >= 0.3 is 0 Å². The number of hydrogen-bond acceptors (Lipinski definition) is 4. The highest BCUT2D eigenvalue weighted by Gasteiger charge is 2.26. The average molecular weight is 381 g/mol. The van der Waals surface area contributed by atoms with Gasteiger partial charge in [0.15, 0.2) is 0 Å². The van der Waals surface area contributed by atoms with Gasteiger partial charge in [-0.05, 0) is 18.4 Å². The molecule has 1 aromatic heterocycles. The lowest BCUT2D eigenvalue weighted by Gasteiger charge is -2.34. The Morgan fingerprint density at radius 2 is 1.61 bits per heavy atom. The van der Waals surface area contributed by atoms with Crippen LogP contribution in [0.5, 0.6) is 0 Å². The molecule has 2 aromatic rings. The Balaban J connectivity index is 1.27. The van der Waals surface area contributed by atoms with Gasteiger partial charge in [0.1, 0.15) is 0 Å². The van der Waals surface area contributed by atoms with Gasteiger partial charge in [-0.25, -0.2) is 0 Å². The predicted molar refractivity (Wildman–Crippen MR) is 106 cm³/mol. The predicted octanol–water partition coefficient (Wildman–Crippen LogP) is 1.31. The number of amides is 2. The van der Waals surface area contributed by atoms with Gasteiger partial charge < -0.3 is 9.80 Å². The normalized spacial score (nSPS) is 17.9. The summed E-state index contributed by atoms with van der Waals surface area (Å²) < 4.78 is 1.80. The molecule has 0 aliphatic carbocycles. The average Bonchev–Trinajstić information content (AvgIpc) is 3.41. The Labute approximate surface area is 165 Å². The molecule has 1 aromatic carbocycles. The van der Waals surface area contributed by atoms with Gasteiger partial charge in [0.2, 0.25) is 5.91 Å². The number of hydrogen-bond donors (Lipinski definition) is 0. The first-order valence-corrected chi connectivity index (χ1v) is 10.0. The Hall–Kier alpha value is -2.67. The fraction of sp³-hybridized carbons (Fsp3) is 0.476. The van der Waals surface area contributed by atoms with Crippen LogP contribution in [0.4, 0.5) is 0 Å². The van der Waals surface area contributed by atoms with E-state index in [1.807, 2.05) is 46.3 Å². The van der Waals surface area contributed by atoms with Crippen molar-refractivity contribution < 1.29 is 9.59 Å². The van der Waals surface area contributed by atoms with Crippen LogP contribution >= 0.6 is 0 Å². The molecule has 2 saturated heterocycles. The second kappa shape index (κ2) is 8.56. The van der Waals surface area contributed by atoms with Crippen molar-refractivity contribution in [3.05, 3.63) is 53.9 Å². The van der Waals surface area contributed by atoms with Crippen LogP contribution in [0.25, 0.3) is 0 Å². The van der Waals surface area contributed by atoms with Crippen molar-refractivity contribution in [1.82, 2.24) is 24.5 Å². The van der Waals surface area contributed by atoms with Crippen molar-refractivity contribution >= 4 is 11.8 Å². The van der Waals surface area contributed by atoms with E-state index < -0.39 is 0 Å². The summed E-state index contributed by atoms with van der Waals surface area (Å²) in [5, 5.41) is 4.33. The molecular formula is C21H27N5O2. The van der Waals surface area contributed by atoms with Gasteiger partial charge in [0, 0.05) is 45.5 Å². The monoisotopic (exact) mass is 381 g/mol. The molecule has 0 unspecified atom stereocenters. The molecule has 0 spiro atoms. The molecule has 148 valence electrons. The molecule has 4 rings (SSSR count). The summed E-state index contributed by atoms with van der Waals surface area (Å²) in [7, 11) is 0. The molecule has 2 fully saturated rings. The quantitative estimate of drug-likeness (QED) is 0.784. The molecule has 0 atom stereocenters. The van der Waals surface area contributed by atoms with Crippen LogP contribution in [0.3, 0.4) is 0 Å². The molecule has 2 amide bonds. The third-order valence-corrected chi connectivity index (χ3v) is 5.54. The number of likely N-dealkylation sites (tertiary alicyclic amines) is 1. The van der Waals surface area contributed by atoms with Gasteiger partial charge in [-0.15, -0.1) is 0 Å². The second-order valence-electron chi connectivity index (χ2n) is 7.57. The highest BCUT2D eigenvalue weighted by Crippen LogP contribution is 2.12. The zero-order chi connectivity index (χ0) is 19.3. The molecule has 7 heteroatoms. The van der Waals surface area contributed by atoms with Crippen LogP contribution in [0, 0.1) is 0 Å². The van der Waals surface area contributed by atoms with Crippen LogP contribution in [-0.4, -0.2) is 82.1 Å². The highest BCUT2D eigenvalue weighted by atomic mass is 16.2. The number of benzene rings is 1. The number of nitrogens with zero attached hydrogens (tertiary/aromatic N) is 5. The Bertz CT molecular complexity index is 805. The zero-order valence-corrected chi connectivity index (χ0v) is 16.2. The topological polar surface area (TPSA) is 61.7 Å². The molecule has 2 aliphatic rings. The lowest BCUT2D eigenvalue weighted by molar-refractivity contribution is -0.131. The number of piperazine rings is 1. The molecular weight excluding hydrogens is 354 g/mol. The first-order valence-electron chi connectivity index (χ1n) is 10.0. The fourth-order valence-corrected chi connectivity index (χ4v) is 3.88. The van der Waals surface area contributed by atoms with Gasteiger partial charge in [0.05, 0.1) is 24.8 Å². The summed E-state index contributed by atoms with van der Waals surface area (Å²) in [6, 6.07) is 10.1. The molecule has 0 radical (unpaired) electrons. The van der Waals surface area contributed by atoms with Crippen LogP contribution < -0.4 is 0 Å². The minimum absolute atomic E-state index is 0.0184. The van der Waals surface area contributed by atoms with Crippen molar-refractivity contribution in [2.75, 3.05) is 45.8 Å². The molecule has 7 nitrogen and oxygen atoms in total. The molecule has 0 bridgehead atoms. The van der Waals surface area contributed by atoms with Crippen molar-refractivity contribution in [3.8, 4) is 0 Å². The molecule has 28 heavy (non-hydrogen) atoms. The third kappa shape index (κ3) is 4.42. The lowest BCUT2D eigenvalue weighted by atomic mass is 10.2.